The summed E-state index contributed by atoms with van der Waals surface area (Å²) < 4.78 is 2.03. The van der Waals surface area contributed by atoms with E-state index in [1.165, 1.54) is 18.4 Å². The maximum absolute atomic E-state index is 4.36. The molecular weight excluding hydrogens is 198 g/mol. The molecule has 3 heteroatoms. The molecule has 0 bridgehead atoms. The Balaban J connectivity index is 2.34. The number of hydrogen-bond donors (Lipinski definition) is 1. The molecule has 0 aliphatic heterocycles. The van der Waals surface area contributed by atoms with Crippen molar-refractivity contribution in [1.29, 1.82) is 0 Å². The molecule has 92 valence electrons. The van der Waals surface area contributed by atoms with Crippen LogP contribution in [0.15, 0.2) is 12.4 Å². The Labute approximate surface area is 99.2 Å². The predicted octanol–water partition coefficient (Wildman–Crippen LogP) is 2.82. The normalized spacial score (nSPS) is 13.3. The van der Waals surface area contributed by atoms with E-state index in [0.29, 0.717) is 12.0 Å². The van der Waals surface area contributed by atoms with Gasteiger partial charge in [-0.05, 0) is 19.3 Å². The van der Waals surface area contributed by atoms with Crippen LogP contribution in [0.5, 0.6) is 0 Å². The minimum Gasteiger partial charge on any atom is -0.310 e. The molecule has 0 fully saturated rings. The van der Waals surface area contributed by atoms with Crippen LogP contribution in [0.4, 0.5) is 0 Å². The average molecular weight is 223 g/mol. The summed E-state index contributed by atoms with van der Waals surface area (Å²) in [6, 6.07) is 0.596. The highest BCUT2D eigenvalue weighted by atomic mass is 15.3. The monoisotopic (exact) mass is 223 g/mol. The Morgan fingerprint density at radius 2 is 2.12 bits per heavy atom. The predicted molar refractivity (Wildman–Crippen MR) is 68.3 cm³/mol. The van der Waals surface area contributed by atoms with Gasteiger partial charge in [0, 0.05) is 30.9 Å². The molecule has 0 spiro atoms. The quantitative estimate of drug-likeness (QED) is 0.770. The molecule has 0 saturated carbocycles. The molecule has 0 radical (unpaired) electrons. The number of nitrogens with zero attached hydrogens (tertiary/aromatic N) is 2. The first kappa shape index (κ1) is 13.2. The van der Waals surface area contributed by atoms with Crippen LogP contribution >= 0.6 is 0 Å². The van der Waals surface area contributed by atoms with Crippen LogP contribution in [-0.2, 0) is 13.1 Å². The molecule has 1 unspecified atom stereocenters. The minimum atomic E-state index is 0.596. The highest BCUT2D eigenvalue weighted by Gasteiger charge is 2.03. The third-order valence-corrected chi connectivity index (χ3v) is 2.62. The van der Waals surface area contributed by atoms with Crippen LogP contribution in [0.2, 0.25) is 0 Å². The lowest BCUT2D eigenvalue weighted by molar-refractivity contribution is 0.481. The van der Waals surface area contributed by atoms with Crippen molar-refractivity contribution in [2.45, 2.75) is 59.7 Å². The van der Waals surface area contributed by atoms with E-state index < -0.39 is 0 Å². The zero-order valence-electron chi connectivity index (χ0n) is 11.0. The van der Waals surface area contributed by atoms with Gasteiger partial charge in [-0.1, -0.05) is 27.2 Å². The summed E-state index contributed by atoms with van der Waals surface area (Å²) in [5.74, 6) is 0.653. The fraction of sp³-hybridized carbons (Fsp3) is 0.769. The molecule has 1 aromatic heterocycles. The highest BCUT2D eigenvalue weighted by Crippen LogP contribution is 2.03. The third-order valence-electron chi connectivity index (χ3n) is 2.62. The van der Waals surface area contributed by atoms with E-state index in [4.69, 9.17) is 0 Å². The van der Waals surface area contributed by atoms with Crippen molar-refractivity contribution in [3.8, 4) is 0 Å². The molecule has 0 saturated heterocycles. The fourth-order valence-corrected chi connectivity index (χ4v) is 1.80. The third kappa shape index (κ3) is 4.79. The molecule has 0 aromatic carbocycles. The van der Waals surface area contributed by atoms with Gasteiger partial charge in [0.15, 0.2) is 0 Å². The van der Waals surface area contributed by atoms with E-state index in [1.807, 2.05) is 10.9 Å². The molecule has 0 aliphatic carbocycles. The van der Waals surface area contributed by atoms with Crippen LogP contribution in [0.25, 0.3) is 0 Å². The van der Waals surface area contributed by atoms with Gasteiger partial charge < -0.3 is 5.32 Å². The molecular formula is C13H25N3. The molecule has 1 aromatic rings. The minimum absolute atomic E-state index is 0.596. The number of aromatic nitrogens is 2. The van der Waals surface area contributed by atoms with Gasteiger partial charge in [-0.25, -0.2) is 0 Å². The Kier molecular flexibility index (Phi) is 5.53. The van der Waals surface area contributed by atoms with Gasteiger partial charge in [-0.3, -0.25) is 4.68 Å². The highest BCUT2D eigenvalue weighted by molar-refractivity contribution is 5.03. The van der Waals surface area contributed by atoms with E-state index in [-0.39, 0.29) is 0 Å². The fourth-order valence-electron chi connectivity index (χ4n) is 1.80. The molecule has 0 aliphatic rings. The van der Waals surface area contributed by atoms with Crippen molar-refractivity contribution in [3.63, 3.8) is 0 Å². The molecule has 1 N–H and O–H groups in total. The number of rotatable bonds is 7. The standard InChI is InChI=1S/C13H25N3/c1-5-6-12(4)14-7-13-8-15-16(10-13)9-11(2)3/h8,10-12,14H,5-7,9H2,1-4H3. The summed E-state index contributed by atoms with van der Waals surface area (Å²) in [5, 5.41) is 7.87. The molecule has 16 heavy (non-hydrogen) atoms. The van der Waals surface area contributed by atoms with Crippen molar-refractivity contribution >= 4 is 0 Å². The van der Waals surface area contributed by atoms with Gasteiger partial charge in [0.05, 0.1) is 6.20 Å². The van der Waals surface area contributed by atoms with E-state index in [1.54, 1.807) is 0 Å². The van der Waals surface area contributed by atoms with Crippen LogP contribution in [0.3, 0.4) is 0 Å². The summed E-state index contributed by atoms with van der Waals surface area (Å²) in [6.07, 6.45) is 6.58. The van der Waals surface area contributed by atoms with Gasteiger partial charge in [-0.2, -0.15) is 5.10 Å². The van der Waals surface area contributed by atoms with Crippen molar-refractivity contribution < 1.29 is 0 Å². The molecule has 1 heterocycles. The zero-order chi connectivity index (χ0) is 12.0. The van der Waals surface area contributed by atoms with Gasteiger partial charge in [0.1, 0.15) is 0 Å². The molecule has 3 nitrogen and oxygen atoms in total. The second-order valence-corrected chi connectivity index (χ2v) is 5.04. The number of hydrogen-bond acceptors (Lipinski definition) is 2. The molecule has 1 rings (SSSR count). The number of nitrogens with one attached hydrogen (secondary N) is 1. The van der Waals surface area contributed by atoms with E-state index in [2.05, 4.69) is 44.3 Å². The summed E-state index contributed by atoms with van der Waals surface area (Å²) in [6.45, 7) is 10.8. The van der Waals surface area contributed by atoms with Gasteiger partial charge >= 0.3 is 0 Å². The Morgan fingerprint density at radius 1 is 1.38 bits per heavy atom. The average Bonchev–Trinajstić information content (AvgIpc) is 2.62. The largest absolute Gasteiger partial charge is 0.310 e. The van der Waals surface area contributed by atoms with Gasteiger partial charge in [-0.15, -0.1) is 0 Å². The van der Waals surface area contributed by atoms with Crippen LogP contribution < -0.4 is 5.32 Å². The van der Waals surface area contributed by atoms with E-state index >= 15 is 0 Å². The first-order valence-electron chi connectivity index (χ1n) is 6.36. The second kappa shape index (κ2) is 6.69. The molecule has 1 atom stereocenters. The van der Waals surface area contributed by atoms with Crippen LogP contribution in [-0.4, -0.2) is 15.8 Å². The summed E-state index contributed by atoms with van der Waals surface area (Å²) in [7, 11) is 0. The lowest BCUT2D eigenvalue weighted by Crippen LogP contribution is -2.24. The first-order chi connectivity index (χ1) is 7.61. The van der Waals surface area contributed by atoms with Crippen LogP contribution in [0, 0.1) is 5.92 Å². The smallest absolute Gasteiger partial charge is 0.0534 e. The molecule has 0 amide bonds. The van der Waals surface area contributed by atoms with Crippen molar-refractivity contribution in [2.24, 2.45) is 5.92 Å². The lowest BCUT2D eigenvalue weighted by Gasteiger charge is -2.11. The maximum Gasteiger partial charge on any atom is 0.0534 e. The van der Waals surface area contributed by atoms with Crippen molar-refractivity contribution in [2.75, 3.05) is 0 Å². The van der Waals surface area contributed by atoms with Crippen molar-refractivity contribution in [1.82, 2.24) is 15.1 Å². The topological polar surface area (TPSA) is 29.9 Å². The van der Waals surface area contributed by atoms with Gasteiger partial charge in [0.2, 0.25) is 0 Å². The van der Waals surface area contributed by atoms with Crippen molar-refractivity contribution in [3.05, 3.63) is 18.0 Å². The first-order valence-corrected chi connectivity index (χ1v) is 6.36. The Hall–Kier alpha value is -0.830. The second-order valence-electron chi connectivity index (χ2n) is 5.04. The Morgan fingerprint density at radius 3 is 2.75 bits per heavy atom. The summed E-state index contributed by atoms with van der Waals surface area (Å²) >= 11 is 0. The SMILES string of the molecule is CCCC(C)NCc1cnn(CC(C)C)c1. The van der Waals surface area contributed by atoms with E-state index in [0.717, 1.165) is 13.1 Å². The summed E-state index contributed by atoms with van der Waals surface area (Å²) in [5.41, 5.74) is 1.28. The Bertz CT molecular complexity index is 291. The summed E-state index contributed by atoms with van der Waals surface area (Å²) in [4.78, 5) is 0. The van der Waals surface area contributed by atoms with Gasteiger partial charge in [0.25, 0.3) is 0 Å². The lowest BCUT2D eigenvalue weighted by atomic mass is 10.2. The van der Waals surface area contributed by atoms with E-state index in [9.17, 15) is 0 Å². The maximum atomic E-state index is 4.36. The zero-order valence-corrected chi connectivity index (χ0v) is 11.0. The van der Waals surface area contributed by atoms with Crippen LogP contribution in [0.1, 0.15) is 46.1 Å².